The standard InChI is InChI=1S/C20H27N3O4S2/c1-20(2,3)27-19(24)22-11-15(12-22)29(25,26)23-9-6-14(7-10-23)16-13-28-17-5-4-8-21-18(16)17/h4-5,8,13-15H,6-7,9-12H2,1-3H3. The topological polar surface area (TPSA) is 79.8 Å². The Morgan fingerprint density at radius 1 is 1.24 bits per heavy atom. The highest BCUT2D eigenvalue weighted by atomic mass is 32.2. The molecular weight excluding hydrogens is 410 g/mol. The van der Waals surface area contributed by atoms with Gasteiger partial charge in [0.25, 0.3) is 0 Å². The van der Waals surface area contributed by atoms with Gasteiger partial charge in [0.05, 0.1) is 10.2 Å². The Morgan fingerprint density at radius 2 is 1.93 bits per heavy atom. The lowest BCUT2D eigenvalue weighted by molar-refractivity contribution is 0.0135. The second kappa shape index (κ2) is 7.52. The van der Waals surface area contributed by atoms with Gasteiger partial charge in [-0.25, -0.2) is 17.5 Å². The van der Waals surface area contributed by atoms with Gasteiger partial charge >= 0.3 is 6.09 Å². The Morgan fingerprint density at radius 3 is 2.59 bits per heavy atom. The normalized spacial score (nSPS) is 20.0. The van der Waals surface area contributed by atoms with Crippen molar-refractivity contribution in [3.8, 4) is 0 Å². The second-order valence-corrected chi connectivity index (χ2v) is 11.9. The zero-order valence-electron chi connectivity index (χ0n) is 17.0. The number of pyridine rings is 1. The van der Waals surface area contributed by atoms with Gasteiger partial charge in [-0.15, -0.1) is 11.3 Å². The molecule has 2 aromatic rings. The molecule has 4 rings (SSSR count). The molecule has 158 valence electrons. The summed E-state index contributed by atoms with van der Waals surface area (Å²) in [6.45, 7) is 6.84. The van der Waals surface area contributed by atoms with E-state index in [9.17, 15) is 13.2 Å². The number of hydrogen-bond acceptors (Lipinski definition) is 6. The van der Waals surface area contributed by atoms with Gasteiger partial charge in [0.2, 0.25) is 10.0 Å². The molecule has 2 aliphatic rings. The number of piperidine rings is 1. The average molecular weight is 438 g/mol. The van der Waals surface area contributed by atoms with Crippen molar-refractivity contribution in [2.45, 2.75) is 50.4 Å². The molecule has 2 aliphatic heterocycles. The Bertz CT molecular complexity index is 998. The number of carbonyl (C=O) groups excluding carboxylic acids is 1. The van der Waals surface area contributed by atoms with Gasteiger partial charge in [0, 0.05) is 32.4 Å². The molecule has 29 heavy (non-hydrogen) atoms. The fourth-order valence-electron chi connectivity index (χ4n) is 3.91. The smallest absolute Gasteiger partial charge is 0.410 e. The summed E-state index contributed by atoms with van der Waals surface area (Å²) in [5, 5.41) is 1.63. The molecule has 0 aromatic carbocycles. The lowest BCUT2D eigenvalue weighted by Crippen LogP contribution is -2.61. The molecule has 0 bridgehead atoms. The van der Waals surface area contributed by atoms with Gasteiger partial charge in [-0.3, -0.25) is 4.98 Å². The summed E-state index contributed by atoms with van der Waals surface area (Å²) >= 11 is 1.69. The number of fused-ring (bicyclic) bond motifs is 1. The number of likely N-dealkylation sites (tertiary alicyclic amines) is 1. The summed E-state index contributed by atoms with van der Waals surface area (Å²) in [6.07, 6.45) is 2.96. The van der Waals surface area contributed by atoms with Crippen LogP contribution in [-0.4, -0.2) is 65.7 Å². The molecule has 0 N–H and O–H groups in total. The molecule has 2 fully saturated rings. The number of hydrogen-bond donors (Lipinski definition) is 0. The van der Waals surface area contributed by atoms with Crippen molar-refractivity contribution in [2.75, 3.05) is 26.2 Å². The van der Waals surface area contributed by atoms with Crippen molar-refractivity contribution >= 4 is 37.7 Å². The average Bonchev–Trinajstić information content (AvgIpc) is 3.03. The van der Waals surface area contributed by atoms with Crippen LogP contribution in [0.25, 0.3) is 10.2 Å². The Kier molecular flexibility index (Phi) is 5.33. The zero-order chi connectivity index (χ0) is 20.8. The number of amides is 1. The molecule has 7 nitrogen and oxygen atoms in total. The quantitative estimate of drug-likeness (QED) is 0.735. The highest BCUT2D eigenvalue weighted by Gasteiger charge is 2.44. The van der Waals surface area contributed by atoms with Crippen molar-refractivity contribution < 1.29 is 17.9 Å². The number of thiophene rings is 1. The molecule has 0 saturated carbocycles. The molecule has 0 aliphatic carbocycles. The molecule has 0 radical (unpaired) electrons. The van der Waals surface area contributed by atoms with Crippen LogP contribution in [0.3, 0.4) is 0 Å². The first-order chi connectivity index (χ1) is 13.6. The number of aromatic nitrogens is 1. The summed E-state index contributed by atoms with van der Waals surface area (Å²) in [5.41, 5.74) is 1.71. The first kappa shape index (κ1) is 20.6. The zero-order valence-corrected chi connectivity index (χ0v) is 18.6. The number of nitrogens with zero attached hydrogens (tertiary/aromatic N) is 3. The second-order valence-electron chi connectivity index (χ2n) is 8.77. The fourth-order valence-corrected chi connectivity index (χ4v) is 6.78. The third-order valence-corrected chi connectivity index (χ3v) is 8.71. The van der Waals surface area contributed by atoms with Crippen molar-refractivity contribution in [2.24, 2.45) is 0 Å². The summed E-state index contributed by atoms with van der Waals surface area (Å²) in [5.74, 6) is 0.338. The van der Waals surface area contributed by atoms with Crippen molar-refractivity contribution in [3.05, 3.63) is 29.3 Å². The van der Waals surface area contributed by atoms with Crippen LogP contribution < -0.4 is 0 Å². The largest absolute Gasteiger partial charge is 0.444 e. The Hall–Kier alpha value is -1.71. The number of rotatable bonds is 3. The molecule has 0 atom stereocenters. The van der Waals surface area contributed by atoms with Gasteiger partial charge in [-0.2, -0.15) is 0 Å². The molecule has 1 amide bonds. The molecule has 9 heteroatoms. The number of carbonyl (C=O) groups is 1. The highest BCUT2D eigenvalue weighted by Crippen LogP contribution is 2.37. The SMILES string of the molecule is CC(C)(C)OC(=O)N1CC(S(=O)(=O)N2CCC(c3csc4cccnc34)CC2)C1. The predicted octanol–water partition coefficient (Wildman–Crippen LogP) is 3.42. The van der Waals surface area contributed by atoms with E-state index in [0.717, 1.165) is 18.4 Å². The maximum absolute atomic E-state index is 13.0. The molecular formula is C20H27N3O4S2. The van der Waals surface area contributed by atoms with Gasteiger partial charge < -0.3 is 9.64 Å². The highest BCUT2D eigenvalue weighted by molar-refractivity contribution is 7.89. The molecule has 4 heterocycles. The van der Waals surface area contributed by atoms with Crippen molar-refractivity contribution in [3.63, 3.8) is 0 Å². The van der Waals surface area contributed by atoms with Crippen LogP contribution in [0.4, 0.5) is 4.79 Å². The molecule has 2 aromatic heterocycles. The Labute approximate surface area is 175 Å². The van der Waals surface area contributed by atoms with Crippen LogP contribution in [0.2, 0.25) is 0 Å². The molecule has 0 unspecified atom stereocenters. The van der Waals surface area contributed by atoms with Gasteiger partial charge in [-0.1, -0.05) is 0 Å². The van der Waals surface area contributed by atoms with E-state index in [1.807, 2.05) is 12.3 Å². The van der Waals surface area contributed by atoms with E-state index in [-0.39, 0.29) is 13.1 Å². The Balaban J connectivity index is 1.34. The van der Waals surface area contributed by atoms with E-state index in [0.29, 0.717) is 19.0 Å². The first-order valence-corrected chi connectivity index (χ1v) is 12.3. The molecule has 2 saturated heterocycles. The van der Waals surface area contributed by atoms with Crippen LogP contribution in [0.15, 0.2) is 23.7 Å². The summed E-state index contributed by atoms with van der Waals surface area (Å²) in [4.78, 5) is 18.0. The molecule has 0 spiro atoms. The summed E-state index contributed by atoms with van der Waals surface area (Å²) in [7, 11) is -3.40. The summed E-state index contributed by atoms with van der Waals surface area (Å²) in [6, 6.07) is 4.01. The first-order valence-electron chi connectivity index (χ1n) is 9.94. The van der Waals surface area contributed by atoms with Crippen molar-refractivity contribution in [1.29, 1.82) is 0 Å². The van der Waals surface area contributed by atoms with E-state index in [4.69, 9.17) is 4.74 Å². The number of sulfonamides is 1. The van der Waals surface area contributed by atoms with Crippen LogP contribution in [0.1, 0.15) is 45.1 Å². The minimum absolute atomic E-state index is 0.205. The van der Waals surface area contributed by atoms with Crippen LogP contribution in [0.5, 0.6) is 0 Å². The van der Waals surface area contributed by atoms with Crippen LogP contribution in [0, 0.1) is 0 Å². The van der Waals surface area contributed by atoms with Crippen LogP contribution >= 0.6 is 11.3 Å². The summed E-state index contributed by atoms with van der Waals surface area (Å²) < 4.78 is 34.0. The monoisotopic (exact) mass is 437 g/mol. The van der Waals surface area contributed by atoms with E-state index >= 15 is 0 Å². The third kappa shape index (κ3) is 4.13. The van der Waals surface area contributed by atoms with E-state index in [1.165, 1.54) is 15.2 Å². The predicted molar refractivity (Wildman–Crippen MR) is 114 cm³/mol. The van der Waals surface area contributed by atoms with Gasteiger partial charge in [0.1, 0.15) is 10.9 Å². The lowest BCUT2D eigenvalue weighted by Gasteiger charge is -2.42. The van der Waals surface area contributed by atoms with E-state index < -0.39 is 27.0 Å². The maximum Gasteiger partial charge on any atom is 0.410 e. The van der Waals surface area contributed by atoms with E-state index in [1.54, 1.807) is 36.4 Å². The van der Waals surface area contributed by atoms with Gasteiger partial charge in [0.15, 0.2) is 0 Å². The minimum atomic E-state index is -3.40. The maximum atomic E-state index is 13.0. The minimum Gasteiger partial charge on any atom is -0.444 e. The van der Waals surface area contributed by atoms with E-state index in [2.05, 4.69) is 16.4 Å². The lowest BCUT2D eigenvalue weighted by atomic mass is 9.91. The fraction of sp³-hybridized carbons (Fsp3) is 0.600. The van der Waals surface area contributed by atoms with Gasteiger partial charge in [-0.05, 0) is 62.6 Å². The van der Waals surface area contributed by atoms with Crippen molar-refractivity contribution in [1.82, 2.24) is 14.2 Å². The number of ether oxygens (including phenoxy) is 1. The van der Waals surface area contributed by atoms with Crippen LogP contribution in [-0.2, 0) is 14.8 Å². The third-order valence-electron chi connectivity index (χ3n) is 5.53.